The van der Waals surface area contributed by atoms with Crippen LogP contribution in [0.5, 0.6) is 0 Å². The first-order valence-corrected chi connectivity index (χ1v) is 8.62. The van der Waals surface area contributed by atoms with Gasteiger partial charge in [0.25, 0.3) is 0 Å². The van der Waals surface area contributed by atoms with Gasteiger partial charge in [0.05, 0.1) is 19.2 Å². The van der Waals surface area contributed by atoms with Crippen molar-refractivity contribution in [2.45, 2.75) is 50.7 Å². The summed E-state index contributed by atoms with van der Waals surface area (Å²) in [7, 11) is 0. The van der Waals surface area contributed by atoms with Crippen LogP contribution in [0.15, 0.2) is 0 Å². The van der Waals surface area contributed by atoms with Crippen molar-refractivity contribution in [3.8, 4) is 0 Å². The lowest BCUT2D eigenvalue weighted by Crippen LogP contribution is -2.53. The van der Waals surface area contributed by atoms with Crippen LogP contribution in [-0.4, -0.2) is 71.6 Å². The Labute approximate surface area is 131 Å². The van der Waals surface area contributed by atoms with Crippen LogP contribution in [-0.2, 0) is 9.59 Å². The molecule has 2 N–H and O–H groups in total. The zero-order chi connectivity index (χ0) is 15.5. The van der Waals surface area contributed by atoms with Gasteiger partial charge in [-0.15, -0.1) is 0 Å². The fourth-order valence-corrected chi connectivity index (χ4v) is 4.25. The molecule has 0 aromatic carbocycles. The van der Waals surface area contributed by atoms with Gasteiger partial charge in [-0.05, 0) is 32.2 Å². The molecular formula is C16H27N3O3. The van der Waals surface area contributed by atoms with Gasteiger partial charge in [-0.25, -0.2) is 0 Å². The lowest BCUT2D eigenvalue weighted by molar-refractivity contribution is -0.139. The van der Waals surface area contributed by atoms with Crippen LogP contribution in [0.2, 0.25) is 0 Å². The van der Waals surface area contributed by atoms with Gasteiger partial charge in [0, 0.05) is 25.0 Å². The van der Waals surface area contributed by atoms with Crippen LogP contribution in [0.3, 0.4) is 0 Å². The second kappa shape index (κ2) is 6.96. The average molecular weight is 309 g/mol. The molecule has 3 aliphatic rings. The van der Waals surface area contributed by atoms with Crippen LogP contribution in [0, 0.1) is 5.92 Å². The van der Waals surface area contributed by atoms with E-state index in [1.165, 1.54) is 6.42 Å². The predicted molar refractivity (Wildman–Crippen MR) is 82.1 cm³/mol. The van der Waals surface area contributed by atoms with Crippen LogP contribution < -0.4 is 5.32 Å². The number of amides is 2. The molecule has 6 heteroatoms. The summed E-state index contributed by atoms with van der Waals surface area (Å²) in [6.45, 7) is 2.66. The van der Waals surface area contributed by atoms with Gasteiger partial charge in [-0.1, -0.05) is 12.8 Å². The van der Waals surface area contributed by atoms with Gasteiger partial charge in [0.1, 0.15) is 0 Å². The zero-order valence-electron chi connectivity index (χ0n) is 13.2. The summed E-state index contributed by atoms with van der Waals surface area (Å²) in [6.07, 6.45) is 6.24. The molecule has 2 saturated heterocycles. The molecular weight excluding hydrogens is 282 g/mol. The summed E-state index contributed by atoms with van der Waals surface area (Å²) < 4.78 is 0. The number of nitrogens with zero attached hydrogens (tertiary/aromatic N) is 2. The van der Waals surface area contributed by atoms with E-state index in [0.29, 0.717) is 31.6 Å². The Morgan fingerprint density at radius 3 is 2.77 bits per heavy atom. The maximum absolute atomic E-state index is 12.5. The van der Waals surface area contributed by atoms with Gasteiger partial charge in [0.2, 0.25) is 11.8 Å². The minimum Gasteiger partial charge on any atom is -0.393 e. The number of carbonyl (C=O) groups excluding carboxylic acids is 2. The minimum absolute atomic E-state index is 0.0482. The SMILES string of the molecule is O=C1CN(C(=O)CN2CCCC2C2CCCCC2O)CCN1. The summed E-state index contributed by atoms with van der Waals surface area (Å²) in [5.41, 5.74) is 0. The third-order valence-electron chi connectivity index (χ3n) is 5.42. The standard InChI is InChI=1S/C16H27N3O3/c20-14-6-2-1-4-12(14)13-5-3-8-18(13)11-16(22)19-9-7-17-15(21)10-19/h12-14,20H,1-11H2,(H,17,21). The van der Waals surface area contributed by atoms with E-state index in [4.69, 9.17) is 0 Å². The quantitative estimate of drug-likeness (QED) is 0.767. The molecule has 2 aliphatic heterocycles. The monoisotopic (exact) mass is 309 g/mol. The van der Waals surface area contributed by atoms with Gasteiger partial charge in [-0.2, -0.15) is 0 Å². The summed E-state index contributed by atoms with van der Waals surface area (Å²) in [6, 6.07) is 0.331. The average Bonchev–Trinajstić information content (AvgIpc) is 2.95. The van der Waals surface area contributed by atoms with Crippen molar-refractivity contribution in [3.63, 3.8) is 0 Å². The van der Waals surface area contributed by atoms with Crippen LogP contribution >= 0.6 is 0 Å². The molecule has 0 aromatic heterocycles. The topological polar surface area (TPSA) is 72.9 Å². The van der Waals surface area contributed by atoms with Crippen LogP contribution in [0.25, 0.3) is 0 Å². The molecule has 124 valence electrons. The first kappa shape index (κ1) is 15.7. The molecule has 0 bridgehead atoms. The predicted octanol–water partition coefficient (Wildman–Crippen LogP) is -0.0397. The number of carbonyl (C=O) groups is 2. The minimum atomic E-state index is -0.213. The number of hydrogen-bond donors (Lipinski definition) is 2. The molecule has 2 heterocycles. The van der Waals surface area contributed by atoms with Gasteiger partial charge >= 0.3 is 0 Å². The first-order chi connectivity index (χ1) is 10.6. The molecule has 3 atom stereocenters. The second-order valence-electron chi connectivity index (χ2n) is 6.86. The lowest BCUT2D eigenvalue weighted by atomic mass is 9.80. The smallest absolute Gasteiger partial charge is 0.239 e. The Bertz CT molecular complexity index is 429. The molecule has 22 heavy (non-hydrogen) atoms. The molecule has 0 spiro atoms. The van der Waals surface area contributed by atoms with Crippen molar-refractivity contribution >= 4 is 11.8 Å². The molecule has 0 aromatic rings. The number of likely N-dealkylation sites (tertiary alicyclic amines) is 1. The summed E-state index contributed by atoms with van der Waals surface area (Å²) >= 11 is 0. The molecule has 1 saturated carbocycles. The molecule has 3 rings (SSSR count). The van der Waals surface area contributed by atoms with E-state index in [1.807, 2.05) is 0 Å². The van der Waals surface area contributed by atoms with Gasteiger partial charge < -0.3 is 15.3 Å². The highest BCUT2D eigenvalue weighted by Gasteiger charge is 2.38. The fraction of sp³-hybridized carbons (Fsp3) is 0.875. The highest BCUT2D eigenvalue weighted by molar-refractivity contribution is 5.86. The van der Waals surface area contributed by atoms with E-state index in [-0.39, 0.29) is 24.5 Å². The Balaban J connectivity index is 1.58. The van der Waals surface area contributed by atoms with Crippen molar-refractivity contribution in [2.75, 3.05) is 32.7 Å². The van der Waals surface area contributed by atoms with E-state index in [2.05, 4.69) is 10.2 Å². The highest BCUT2D eigenvalue weighted by Crippen LogP contribution is 2.34. The molecule has 3 fully saturated rings. The fourth-order valence-electron chi connectivity index (χ4n) is 4.25. The van der Waals surface area contributed by atoms with Crippen molar-refractivity contribution in [1.29, 1.82) is 0 Å². The number of rotatable bonds is 3. The van der Waals surface area contributed by atoms with E-state index >= 15 is 0 Å². The number of hydrogen-bond acceptors (Lipinski definition) is 4. The van der Waals surface area contributed by atoms with E-state index in [0.717, 1.165) is 38.6 Å². The van der Waals surface area contributed by atoms with E-state index < -0.39 is 0 Å². The summed E-state index contributed by atoms with van der Waals surface area (Å²) in [4.78, 5) is 27.8. The maximum atomic E-state index is 12.5. The largest absolute Gasteiger partial charge is 0.393 e. The summed E-state index contributed by atoms with van der Waals surface area (Å²) in [5.74, 6) is 0.293. The van der Waals surface area contributed by atoms with Crippen molar-refractivity contribution in [3.05, 3.63) is 0 Å². The van der Waals surface area contributed by atoms with E-state index in [1.54, 1.807) is 4.90 Å². The third kappa shape index (κ3) is 3.43. The van der Waals surface area contributed by atoms with Crippen molar-refractivity contribution < 1.29 is 14.7 Å². The highest BCUT2D eigenvalue weighted by atomic mass is 16.3. The van der Waals surface area contributed by atoms with Gasteiger partial charge in [-0.3, -0.25) is 14.5 Å². The zero-order valence-corrected chi connectivity index (χ0v) is 13.2. The number of piperazine rings is 1. The van der Waals surface area contributed by atoms with E-state index in [9.17, 15) is 14.7 Å². The Morgan fingerprint density at radius 2 is 2.00 bits per heavy atom. The molecule has 0 radical (unpaired) electrons. The molecule has 3 unspecified atom stereocenters. The number of aliphatic hydroxyl groups is 1. The number of aliphatic hydroxyl groups excluding tert-OH is 1. The molecule has 2 amide bonds. The summed E-state index contributed by atoms with van der Waals surface area (Å²) in [5, 5.41) is 13.0. The number of nitrogens with one attached hydrogen (secondary N) is 1. The van der Waals surface area contributed by atoms with Gasteiger partial charge in [0.15, 0.2) is 0 Å². The molecule has 1 aliphatic carbocycles. The second-order valence-corrected chi connectivity index (χ2v) is 6.86. The van der Waals surface area contributed by atoms with Crippen LogP contribution in [0.1, 0.15) is 38.5 Å². The Morgan fingerprint density at radius 1 is 1.18 bits per heavy atom. The van der Waals surface area contributed by atoms with Crippen molar-refractivity contribution in [1.82, 2.24) is 15.1 Å². The Kier molecular flexibility index (Phi) is 4.98. The lowest BCUT2D eigenvalue weighted by Gasteiger charge is -2.38. The Hall–Kier alpha value is -1.14. The normalized spacial score (nSPS) is 33.8. The third-order valence-corrected chi connectivity index (χ3v) is 5.42. The van der Waals surface area contributed by atoms with Crippen molar-refractivity contribution in [2.24, 2.45) is 5.92 Å². The molecule has 6 nitrogen and oxygen atoms in total. The van der Waals surface area contributed by atoms with Crippen LogP contribution in [0.4, 0.5) is 0 Å². The first-order valence-electron chi connectivity index (χ1n) is 8.62. The maximum Gasteiger partial charge on any atom is 0.239 e.